The van der Waals surface area contributed by atoms with E-state index in [0.29, 0.717) is 11.1 Å². The van der Waals surface area contributed by atoms with Crippen LogP contribution in [-0.4, -0.2) is 16.9 Å². The third kappa shape index (κ3) is 5.00. The standard InChI is InChI=1S/C16H14IN3O2S/c1-10-7-8-12(9-13(10)17)14(21)18-16(23)20-19-15(22)11-5-3-2-4-6-11/h2-9H,1H3,(H,19,22)(H2,18,20,21,23). The molecule has 0 heterocycles. The molecule has 0 aliphatic rings. The lowest BCUT2D eigenvalue weighted by atomic mass is 10.1. The van der Waals surface area contributed by atoms with Gasteiger partial charge in [0.05, 0.1) is 0 Å². The van der Waals surface area contributed by atoms with E-state index in [1.165, 1.54) is 0 Å². The number of carbonyl (C=O) groups excluding carboxylic acids is 2. The van der Waals surface area contributed by atoms with Crippen molar-refractivity contribution in [2.75, 3.05) is 0 Å². The number of hydrazine groups is 1. The Labute approximate surface area is 153 Å². The highest BCUT2D eigenvalue weighted by Crippen LogP contribution is 2.13. The Bertz CT molecular complexity index is 750. The predicted molar refractivity (Wildman–Crippen MR) is 101 cm³/mol. The molecule has 0 fully saturated rings. The Balaban J connectivity index is 1.88. The molecule has 0 radical (unpaired) electrons. The van der Waals surface area contributed by atoms with Crippen LogP contribution in [0.3, 0.4) is 0 Å². The summed E-state index contributed by atoms with van der Waals surface area (Å²) < 4.78 is 0.992. The highest BCUT2D eigenvalue weighted by atomic mass is 127. The van der Waals surface area contributed by atoms with Crippen LogP contribution >= 0.6 is 34.8 Å². The molecular weight excluding hydrogens is 425 g/mol. The van der Waals surface area contributed by atoms with E-state index >= 15 is 0 Å². The third-order valence-corrected chi connectivity index (χ3v) is 4.35. The number of aryl methyl sites for hydroxylation is 1. The number of thiocarbonyl (C=S) groups is 1. The lowest BCUT2D eigenvalue weighted by molar-refractivity contribution is 0.0934. The molecular formula is C16H14IN3O2S. The first kappa shape index (κ1) is 17.4. The van der Waals surface area contributed by atoms with Crippen LogP contribution in [-0.2, 0) is 0 Å². The molecule has 7 heteroatoms. The molecule has 23 heavy (non-hydrogen) atoms. The van der Waals surface area contributed by atoms with E-state index in [2.05, 4.69) is 38.8 Å². The maximum Gasteiger partial charge on any atom is 0.269 e. The van der Waals surface area contributed by atoms with Crippen LogP contribution in [0.2, 0.25) is 0 Å². The van der Waals surface area contributed by atoms with E-state index in [4.69, 9.17) is 12.2 Å². The minimum absolute atomic E-state index is 0.0230. The van der Waals surface area contributed by atoms with Crippen LogP contribution < -0.4 is 16.2 Å². The summed E-state index contributed by atoms with van der Waals surface area (Å²) in [4.78, 5) is 23.9. The van der Waals surface area contributed by atoms with Crippen LogP contribution in [0.4, 0.5) is 0 Å². The van der Waals surface area contributed by atoms with Gasteiger partial charge in [0, 0.05) is 14.7 Å². The molecule has 0 saturated heterocycles. The second-order valence-electron chi connectivity index (χ2n) is 4.69. The van der Waals surface area contributed by atoms with Gasteiger partial charge in [0.2, 0.25) is 0 Å². The third-order valence-electron chi connectivity index (χ3n) is 2.99. The van der Waals surface area contributed by atoms with Crippen molar-refractivity contribution in [3.63, 3.8) is 0 Å². The Kier molecular flexibility index (Phi) is 6.05. The van der Waals surface area contributed by atoms with Crippen LogP contribution in [0.25, 0.3) is 0 Å². The average Bonchev–Trinajstić information content (AvgIpc) is 2.55. The van der Waals surface area contributed by atoms with E-state index in [-0.39, 0.29) is 16.9 Å². The first-order valence-electron chi connectivity index (χ1n) is 6.70. The first-order valence-corrected chi connectivity index (χ1v) is 8.19. The maximum atomic E-state index is 12.1. The summed E-state index contributed by atoms with van der Waals surface area (Å²) in [6.45, 7) is 1.97. The number of rotatable bonds is 2. The second-order valence-corrected chi connectivity index (χ2v) is 6.26. The van der Waals surface area contributed by atoms with Gasteiger partial charge >= 0.3 is 0 Å². The number of hydrogen-bond donors (Lipinski definition) is 3. The molecule has 0 saturated carbocycles. The molecule has 3 N–H and O–H groups in total. The number of hydrogen-bond acceptors (Lipinski definition) is 3. The van der Waals surface area contributed by atoms with Crippen molar-refractivity contribution in [1.29, 1.82) is 0 Å². The quantitative estimate of drug-likeness (QED) is 0.382. The predicted octanol–water partition coefficient (Wildman–Crippen LogP) is 2.55. The van der Waals surface area contributed by atoms with E-state index in [0.717, 1.165) is 9.13 Å². The lowest BCUT2D eigenvalue weighted by Crippen LogP contribution is -2.48. The van der Waals surface area contributed by atoms with Gasteiger partial charge in [0.15, 0.2) is 5.11 Å². The number of halogens is 1. The molecule has 2 rings (SSSR count). The Morgan fingerprint density at radius 3 is 2.30 bits per heavy atom. The maximum absolute atomic E-state index is 12.1. The molecule has 2 amide bonds. The fourth-order valence-electron chi connectivity index (χ4n) is 1.72. The first-order chi connectivity index (χ1) is 11.0. The molecule has 2 aromatic rings. The largest absolute Gasteiger partial charge is 0.298 e. The summed E-state index contributed by atoms with van der Waals surface area (Å²) in [7, 11) is 0. The molecule has 0 aliphatic carbocycles. The van der Waals surface area contributed by atoms with Crippen LogP contribution in [0.5, 0.6) is 0 Å². The lowest BCUT2D eigenvalue weighted by Gasteiger charge is -2.11. The van der Waals surface area contributed by atoms with Crippen LogP contribution in [0, 0.1) is 10.5 Å². The molecule has 118 valence electrons. The second kappa shape index (κ2) is 8.02. The van der Waals surface area contributed by atoms with Gasteiger partial charge in [-0.05, 0) is 71.6 Å². The fraction of sp³-hybridized carbons (Fsp3) is 0.0625. The van der Waals surface area contributed by atoms with Gasteiger partial charge in [-0.25, -0.2) is 0 Å². The summed E-state index contributed by atoms with van der Waals surface area (Å²) in [5, 5.41) is 2.54. The van der Waals surface area contributed by atoms with Gasteiger partial charge in [-0.1, -0.05) is 24.3 Å². The van der Waals surface area contributed by atoms with E-state index in [9.17, 15) is 9.59 Å². The van der Waals surface area contributed by atoms with Gasteiger partial charge in [0.1, 0.15) is 0 Å². The van der Waals surface area contributed by atoms with Crippen molar-refractivity contribution in [2.45, 2.75) is 6.92 Å². The SMILES string of the molecule is Cc1ccc(C(=O)NC(=S)NNC(=O)c2ccccc2)cc1I. The zero-order chi connectivity index (χ0) is 16.8. The minimum Gasteiger partial charge on any atom is -0.298 e. The molecule has 0 unspecified atom stereocenters. The number of nitrogens with one attached hydrogen (secondary N) is 3. The molecule has 0 bridgehead atoms. The zero-order valence-corrected chi connectivity index (χ0v) is 15.2. The average molecular weight is 439 g/mol. The fourth-order valence-corrected chi connectivity index (χ4v) is 2.37. The normalized spacial score (nSPS) is 9.83. The smallest absolute Gasteiger partial charge is 0.269 e. The van der Waals surface area contributed by atoms with Gasteiger partial charge in [-0.3, -0.25) is 25.8 Å². The van der Waals surface area contributed by atoms with Crippen molar-refractivity contribution >= 4 is 51.7 Å². The van der Waals surface area contributed by atoms with Gasteiger partial charge < -0.3 is 0 Å². The molecule has 0 aliphatic heterocycles. The highest BCUT2D eigenvalue weighted by Gasteiger charge is 2.10. The number of benzene rings is 2. The van der Waals surface area contributed by atoms with E-state index in [1.807, 2.05) is 19.1 Å². The number of amides is 2. The van der Waals surface area contributed by atoms with Crippen LogP contribution in [0.1, 0.15) is 26.3 Å². The zero-order valence-electron chi connectivity index (χ0n) is 12.2. The highest BCUT2D eigenvalue weighted by molar-refractivity contribution is 14.1. The summed E-state index contributed by atoms with van der Waals surface area (Å²) in [5.74, 6) is -0.679. The van der Waals surface area contributed by atoms with E-state index in [1.54, 1.807) is 36.4 Å². The van der Waals surface area contributed by atoms with Gasteiger partial charge in [-0.15, -0.1) is 0 Å². The van der Waals surface area contributed by atoms with Crippen molar-refractivity contribution in [1.82, 2.24) is 16.2 Å². The van der Waals surface area contributed by atoms with Crippen molar-refractivity contribution < 1.29 is 9.59 Å². The van der Waals surface area contributed by atoms with Crippen molar-refractivity contribution in [2.24, 2.45) is 0 Å². The molecule has 0 spiro atoms. The topological polar surface area (TPSA) is 70.2 Å². The van der Waals surface area contributed by atoms with E-state index < -0.39 is 0 Å². The summed E-state index contributed by atoms with van der Waals surface area (Å²) in [6.07, 6.45) is 0. The summed E-state index contributed by atoms with van der Waals surface area (Å²) in [5.41, 5.74) is 7.02. The Morgan fingerprint density at radius 1 is 0.957 bits per heavy atom. The molecule has 2 aromatic carbocycles. The van der Waals surface area contributed by atoms with Crippen molar-refractivity contribution in [3.05, 3.63) is 68.8 Å². The summed E-state index contributed by atoms with van der Waals surface area (Å²) in [6, 6.07) is 14.0. The summed E-state index contributed by atoms with van der Waals surface area (Å²) >= 11 is 7.16. The van der Waals surface area contributed by atoms with Crippen molar-refractivity contribution in [3.8, 4) is 0 Å². The molecule has 0 aromatic heterocycles. The molecule has 0 atom stereocenters. The van der Waals surface area contributed by atoms with Gasteiger partial charge in [0.25, 0.3) is 11.8 Å². The monoisotopic (exact) mass is 439 g/mol. The molecule has 5 nitrogen and oxygen atoms in total. The Hall–Kier alpha value is -2.00. The van der Waals surface area contributed by atoms with Gasteiger partial charge in [-0.2, -0.15) is 0 Å². The Morgan fingerprint density at radius 2 is 1.65 bits per heavy atom. The minimum atomic E-state index is -0.341. The van der Waals surface area contributed by atoms with Crippen LogP contribution in [0.15, 0.2) is 48.5 Å². The number of carbonyl (C=O) groups is 2.